The van der Waals surface area contributed by atoms with Crippen LogP contribution in [-0.2, 0) is 0 Å². The number of carbonyl (C=O) groups is 1. The fraction of sp³-hybridized carbons (Fsp3) is 0.533. The molecular weight excluding hydrogens is 339 g/mol. The Bertz CT molecular complexity index is 539. The van der Waals surface area contributed by atoms with Crippen molar-refractivity contribution in [1.82, 2.24) is 4.90 Å². The summed E-state index contributed by atoms with van der Waals surface area (Å²) < 4.78 is 14.4. The van der Waals surface area contributed by atoms with E-state index < -0.39 is 11.8 Å². The Balaban J connectivity index is 2.18. The van der Waals surface area contributed by atoms with Gasteiger partial charge in [-0.05, 0) is 54.0 Å². The van der Waals surface area contributed by atoms with E-state index in [1.165, 1.54) is 18.6 Å². The summed E-state index contributed by atoms with van der Waals surface area (Å²) in [5.41, 5.74) is 0.371. The van der Waals surface area contributed by atoms with Crippen LogP contribution in [0.3, 0.4) is 0 Å². The minimum atomic E-state index is -1.14. The molecule has 6 heteroatoms. The SMILES string of the molecule is CCN1CCCC1CN(C)c1ccc(C(=O)O)c(Br)c1F. The fourth-order valence-corrected chi connectivity index (χ4v) is 3.44. The molecule has 0 bridgehead atoms. The second kappa shape index (κ2) is 6.75. The Kier molecular flexibility index (Phi) is 5.22. The Morgan fingerprint density at radius 3 is 2.90 bits per heavy atom. The van der Waals surface area contributed by atoms with E-state index >= 15 is 0 Å². The lowest BCUT2D eigenvalue weighted by atomic mass is 10.1. The van der Waals surface area contributed by atoms with Gasteiger partial charge in [-0.3, -0.25) is 4.90 Å². The largest absolute Gasteiger partial charge is 0.478 e. The number of likely N-dealkylation sites (tertiary alicyclic amines) is 1. The molecule has 0 amide bonds. The zero-order valence-electron chi connectivity index (χ0n) is 12.3. The van der Waals surface area contributed by atoms with Crippen LogP contribution >= 0.6 is 15.9 Å². The molecule has 0 saturated carbocycles. The van der Waals surface area contributed by atoms with Gasteiger partial charge in [0, 0.05) is 19.6 Å². The molecule has 1 heterocycles. The first kappa shape index (κ1) is 16.2. The lowest BCUT2D eigenvalue weighted by Crippen LogP contribution is -2.39. The summed E-state index contributed by atoms with van der Waals surface area (Å²) in [4.78, 5) is 15.3. The van der Waals surface area contributed by atoms with Crippen molar-refractivity contribution in [2.75, 3.05) is 31.6 Å². The van der Waals surface area contributed by atoms with Gasteiger partial charge in [-0.15, -0.1) is 0 Å². The Hall–Kier alpha value is -1.14. The first-order valence-electron chi connectivity index (χ1n) is 7.12. The second-order valence-corrected chi connectivity index (χ2v) is 6.16. The number of nitrogens with zero attached hydrogens (tertiary/aromatic N) is 2. The smallest absolute Gasteiger partial charge is 0.336 e. The van der Waals surface area contributed by atoms with Gasteiger partial charge in [-0.1, -0.05) is 6.92 Å². The van der Waals surface area contributed by atoms with Crippen molar-refractivity contribution in [1.29, 1.82) is 0 Å². The molecule has 1 aromatic carbocycles. The van der Waals surface area contributed by atoms with Crippen molar-refractivity contribution in [3.63, 3.8) is 0 Å². The first-order valence-corrected chi connectivity index (χ1v) is 7.91. The Labute approximate surface area is 132 Å². The summed E-state index contributed by atoms with van der Waals surface area (Å²) in [5.74, 6) is -1.65. The molecule has 1 N–H and O–H groups in total. The van der Waals surface area contributed by atoms with Gasteiger partial charge >= 0.3 is 5.97 Å². The van der Waals surface area contributed by atoms with Crippen molar-refractivity contribution in [3.05, 3.63) is 28.0 Å². The average Bonchev–Trinajstić information content (AvgIpc) is 2.88. The lowest BCUT2D eigenvalue weighted by Gasteiger charge is -2.29. The molecule has 0 radical (unpaired) electrons. The summed E-state index contributed by atoms with van der Waals surface area (Å²) in [6.07, 6.45) is 2.30. The minimum absolute atomic E-state index is 0.0121. The van der Waals surface area contributed by atoms with E-state index in [-0.39, 0.29) is 10.0 Å². The summed E-state index contributed by atoms with van der Waals surface area (Å²) in [6.45, 7) is 4.97. The van der Waals surface area contributed by atoms with Crippen molar-refractivity contribution >= 4 is 27.6 Å². The molecule has 2 rings (SSSR count). The van der Waals surface area contributed by atoms with E-state index in [4.69, 9.17) is 5.11 Å². The molecule has 1 unspecified atom stereocenters. The van der Waals surface area contributed by atoms with Crippen molar-refractivity contribution in [2.45, 2.75) is 25.8 Å². The van der Waals surface area contributed by atoms with Crippen LogP contribution in [0.4, 0.5) is 10.1 Å². The molecule has 0 spiro atoms. The zero-order chi connectivity index (χ0) is 15.6. The highest BCUT2D eigenvalue weighted by Crippen LogP contribution is 2.30. The standard InChI is InChI=1S/C15H20BrFN2O2/c1-3-19-8-4-5-10(19)9-18(2)12-7-6-11(15(20)21)13(16)14(12)17/h6-7,10H,3-5,8-9H2,1-2H3,(H,20,21). The number of hydrogen-bond acceptors (Lipinski definition) is 3. The topological polar surface area (TPSA) is 43.8 Å². The van der Waals surface area contributed by atoms with E-state index in [1.54, 1.807) is 0 Å². The molecule has 1 aliphatic heterocycles. The van der Waals surface area contributed by atoms with Gasteiger partial charge in [-0.25, -0.2) is 9.18 Å². The number of likely N-dealkylation sites (N-methyl/N-ethyl adjacent to an activating group) is 2. The number of carboxylic acids is 1. The van der Waals surface area contributed by atoms with E-state index in [0.717, 1.165) is 26.1 Å². The highest BCUT2D eigenvalue weighted by Gasteiger charge is 2.25. The Morgan fingerprint density at radius 1 is 1.57 bits per heavy atom. The molecule has 21 heavy (non-hydrogen) atoms. The maximum absolute atomic E-state index is 14.4. The molecule has 1 aromatic rings. The van der Waals surface area contributed by atoms with Crippen molar-refractivity contribution in [2.24, 2.45) is 0 Å². The predicted molar refractivity (Wildman–Crippen MR) is 84.6 cm³/mol. The van der Waals surface area contributed by atoms with Crippen LogP contribution in [0.1, 0.15) is 30.1 Å². The third-order valence-corrected chi connectivity index (χ3v) is 4.87. The monoisotopic (exact) mass is 358 g/mol. The highest BCUT2D eigenvalue weighted by atomic mass is 79.9. The van der Waals surface area contributed by atoms with E-state index in [0.29, 0.717) is 11.7 Å². The molecule has 1 fully saturated rings. The average molecular weight is 359 g/mol. The minimum Gasteiger partial charge on any atom is -0.478 e. The molecule has 4 nitrogen and oxygen atoms in total. The van der Waals surface area contributed by atoms with Crippen LogP contribution in [-0.4, -0.2) is 48.7 Å². The van der Waals surface area contributed by atoms with E-state index in [1.807, 2.05) is 11.9 Å². The quantitative estimate of drug-likeness (QED) is 0.877. The summed E-state index contributed by atoms with van der Waals surface area (Å²) in [7, 11) is 1.84. The molecule has 116 valence electrons. The number of carboxylic acid groups (broad SMARTS) is 1. The fourth-order valence-electron chi connectivity index (χ4n) is 2.93. The molecule has 1 aliphatic rings. The predicted octanol–water partition coefficient (Wildman–Crippen LogP) is 3.21. The zero-order valence-corrected chi connectivity index (χ0v) is 13.9. The molecule has 1 saturated heterocycles. The van der Waals surface area contributed by atoms with Gasteiger partial charge in [-0.2, -0.15) is 0 Å². The van der Waals surface area contributed by atoms with Crippen LogP contribution in [0.15, 0.2) is 16.6 Å². The Morgan fingerprint density at radius 2 is 2.29 bits per heavy atom. The number of rotatable bonds is 5. The van der Waals surface area contributed by atoms with Crippen LogP contribution in [0.2, 0.25) is 0 Å². The van der Waals surface area contributed by atoms with Crippen molar-refractivity contribution < 1.29 is 14.3 Å². The van der Waals surface area contributed by atoms with E-state index in [2.05, 4.69) is 27.8 Å². The maximum Gasteiger partial charge on any atom is 0.336 e. The maximum atomic E-state index is 14.4. The molecular formula is C15H20BrFN2O2. The summed E-state index contributed by atoms with van der Waals surface area (Å²) in [6, 6.07) is 3.40. The number of halogens is 2. The van der Waals surface area contributed by atoms with Crippen molar-refractivity contribution in [3.8, 4) is 0 Å². The van der Waals surface area contributed by atoms with Crippen LogP contribution in [0.5, 0.6) is 0 Å². The molecule has 1 atom stereocenters. The van der Waals surface area contributed by atoms with Gasteiger partial charge in [0.2, 0.25) is 0 Å². The lowest BCUT2D eigenvalue weighted by molar-refractivity contribution is 0.0695. The third-order valence-electron chi connectivity index (χ3n) is 4.09. The first-order chi connectivity index (χ1) is 9.95. The number of benzene rings is 1. The second-order valence-electron chi connectivity index (χ2n) is 5.37. The summed E-state index contributed by atoms with van der Waals surface area (Å²) in [5, 5.41) is 9.00. The van der Waals surface area contributed by atoms with Crippen LogP contribution in [0, 0.1) is 5.82 Å². The third kappa shape index (κ3) is 3.37. The van der Waals surface area contributed by atoms with Gasteiger partial charge in [0.1, 0.15) is 0 Å². The normalized spacial score (nSPS) is 19.0. The number of aromatic carboxylic acids is 1. The van der Waals surface area contributed by atoms with Gasteiger partial charge < -0.3 is 10.0 Å². The summed E-state index contributed by atoms with van der Waals surface area (Å²) >= 11 is 3.05. The highest BCUT2D eigenvalue weighted by molar-refractivity contribution is 9.10. The van der Waals surface area contributed by atoms with Gasteiger partial charge in [0.25, 0.3) is 0 Å². The van der Waals surface area contributed by atoms with Crippen LogP contribution in [0.25, 0.3) is 0 Å². The van der Waals surface area contributed by atoms with E-state index in [9.17, 15) is 9.18 Å². The molecule has 0 aromatic heterocycles. The van der Waals surface area contributed by atoms with Crippen LogP contribution < -0.4 is 4.90 Å². The molecule has 0 aliphatic carbocycles. The van der Waals surface area contributed by atoms with Gasteiger partial charge in [0.15, 0.2) is 5.82 Å². The number of anilines is 1. The number of hydrogen-bond donors (Lipinski definition) is 1. The van der Waals surface area contributed by atoms with Gasteiger partial charge in [0.05, 0.1) is 15.7 Å².